The molecule has 2 bridgehead atoms. The van der Waals surface area contributed by atoms with E-state index in [9.17, 15) is 10.2 Å². The summed E-state index contributed by atoms with van der Waals surface area (Å²) in [6.45, 7) is 6.65. The van der Waals surface area contributed by atoms with Crippen molar-refractivity contribution in [3.05, 3.63) is 59.2 Å². The van der Waals surface area contributed by atoms with Gasteiger partial charge in [-0.05, 0) is 107 Å². The lowest BCUT2D eigenvalue weighted by Gasteiger charge is -2.65. The third kappa shape index (κ3) is 4.88. The van der Waals surface area contributed by atoms with Crippen LogP contribution in [0.5, 0.6) is 11.5 Å². The van der Waals surface area contributed by atoms with E-state index in [0.717, 1.165) is 63.3 Å². The molecule has 2 aliphatic heterocycles. The second kappa shape index (κ2) is 11.8. The topological polar surface area (TPSA) is 56.2 Å². The van der Waals surface area contributed by atoms with Gasteiger partial charge in [-0.2, -0.15) is 0 Å². The summed E-state index contributed by atoms with van der Waals surface area (Å²) in [4.78, 5) is 5.39. The molecule has 2 unspecified atom stereocenters. The molecule has 0 amide bonds. The van der Waals surface area contributed by atoms with Crippen LogP contribution >= 0.6 is 0 Å². The van der Waals surface area contributed by atoms with E-state index in [1.54, 1.807) is 0 Å². The Bertz CT molecular complexity index is 1230. The van der Waals surface area contributed by atoms with Gasteiger partial charge in [-0.25, -0.2) is 0 Å². The first-order valence-corrected chi connectivity index (χ1v) is 17.3. The normalized spacial score (nSPS) is 31.3. The lowest BCUT2D eigenvalue weighted by atomic mass is 9.48. The zero-order valence-corrected chi connectivity index (χ0v) is 25.8. The van der Waals surface area contributed by atoms with E-state index >= 15 is 0 Å². The molecule has 1 saturated heterocycles. The molecule has 2 saturated carbocycles. The maximum absolute atomic E-state index is 12.9. The molecule has 5 nitrogen and oxygen atoms in total. The number of hydrogen-bond acceptors (Lipinski definition) is 5. The number of nitrogens with zero attached hydrogens (tertiary/aromatic N) is 2. The molecule has 3 fully saturated rings. The Balaban J connectivity index is 1.11. The quantitative estimate of drug-likeness (QED) is 0.249. The van der Waals surface area contributed by atoms with Crippen molar-refractivity contribution >= 4 is 0 Å². The molecule has 2 heterocycles. The van der Waals surface area contributed by atoms with Crippen molar-refractivity contribution in [1.82, 2.24) is 9.80 Å². The number of aromatic hydroxyl groups is 1. The summed E-state index contributed by atoms with van der Waals surface area (Å²) in [5.41, 5.74) is 2.71. The van der Waals surface area contributed by atoms with Gasteiger partial charge in [0.05, 0.1) is 11.0 Å². The van der Waals surface area contributed by atoms with Crippen LogP contribution in [-0.4, -0.2) is 70.0 Å². The standard InChI is InChI=1S/C37H52N2O3/c1-2-3-10-22-38(23-11-5-4-7-12-27-13-8-6-9-14-27)30-19-20-37(41)32-25-29-17-18-31(40)34-33(29)36(37,35(30)42-34)21-24-39(32)26-28-15-16-28/h6,8-9,13-14,17-18,28,30,32,35,40-41H,2-5,7,10-12,15-16,19-26H2,1H3/t30?,32-,35?,36+,37-/m1/s1. The number of ether oxygens (including phenoxy) is 1. The highest BCUT2D eigenvalue weighted by atomic mass is 16.5. The number of phenolic OH excluding ortho intramolecular Hbond substituents is 1. The molecule has 5 atom stereocenters. The fourth-order valence-corrected chi connectivity index (χ4v) is 9.48. The molecule has 1 spiro atoms. The molecular formula is C37H52N2O3. The molecular weight excluding hydrogens is 520 g/mol. The van der Waals surface area contributed by atoms with E-state index in [0.29, 0.717) is 5.75 Å². The SMILES string of the molecule is CCCCCN(CCCCCCc1ccccc1)C1CC[C@@]2(O)[C@H]3Cc4ccc(O)c5c4[C@@]2(CCN3CC2CC2)C1O5. The molecule has 2 aromatic carbocycles. The summed E-state index contributed by atoms with van der Waals surface area (Å²) in [5.74, 6) is 1.76. The maximum atomic E-state index is 12.9. The highest BCUT2D eigenvalue weighted by Crippen LogP contribution is 2.66. The van der Waals surface area contributed by atoms with Gasteiger partial charge in [0, 0.05) is 24.2 Å². The highest BCUT2D eigenvalue weighted by molar-refractivity contribution is 5.62. The Hall–Kier alpha value is -2.08. The largest absolute Gasteiger partial charge is 0.504 e. The van der Waals surface area contributed by atoms with E-state index in [2.05, 4.69) is 53.1 Å². The lowest BCUT2D eigenvalue weighted by molar-refractivity contribution is -0.200. The smallest absolute Gasteiger partial charge is 0.165 e. The van der Waals surface area contributed by atoms with Crippen molar-refractivity contribution in [2.45, 2.75) is 126 Å². The molecule has 0 radical (unpaired) electrons. The number of likely N-dealkylation sites (tertiary alicyclic amines) is 1. The summed E-state index contributed by atoms with van der Waals surface area (Å²) >= 11 is 0. The van der Waals surface area contributed by atoms with Crippen molar-refractivity contribution in [2.75, 3.05) is 26.2 Å². The number of piperidine rings is 1. The summed E-state index contributed by atoms with van der Waals surface area (Å²) in [7, 11) is 0. The number of aliphatic hydroxyl groups is 1. The average molecular weight is 573 g/mol. The van der Waals surface area contributed by atoms with Crippen LogP contribution < -0.4 is 4.74 Å². The summed E-state index contributed by atoms with van der Waals surface area (Å²) < 4.78 is 6.93. The lowest BCUT2D eigenvalue weighted by Crippen LogP contribution is -2.78. The van der Waals surface area contributed by atoms with Crippen LogP contribution in [0.2, 0.25) is 0 Å². The van der Waals surface area contributed by atoms with E-state index < -0.39 is 11.0 Å². The Morgan fingerprint density at radius 2 is 1.71 bits per heavy atom. The van der Waals surface area contributed by atoms with Crippen LogP contribution in [0.3, 0.4) is 0 Å². The van der Waals surface area contributed by atoms with Crippen LogP contribution in [0.4, 0.5) is 0 Å². The first-order chi connectivity index (χ1) is 20.5. The van der Waals surface area contributed by atoms with Gasteiger partial charge in [-0.3, -0.25) is 9.80 Å². The average Bonchev–Trinajstić information content (AvgIpc) is 3.74. The Morgan fingerprint density at radius 1 is 0.929 bits per heavy atom. The van der Waals surface area contributed by atoms with Crippen LogP contribution in [-0.2, 0) is 18.3 Å². The van der Waals surface area contributed by atoms with Gasteiger partial charge in [0.1, 0.15) is 6.10 Å². The molecule has 42 heavy (non-hydrogen) atoms. The summed E-state index contributed by atoms with van der Waals surface area (Å²) in [6, 6.07) is 15.3. The summed E-state index contributed by atoms with van der Waals surface area (Å²) in [5, 5.41) is 23.9. The second-order valence-electron chi connectivity index (χ2n) is 14.3. The van der Waals surface area contributed by atoms with Crippen LogP contribution in [0.1, 0.15) is 101 Å². The molecule has 5 aliphatic rings. The van der Waals surface area contributed by atoms with Gasteiger partial charge in [0.25, 0.3) is 0 Å². The zero-order chi connectivity index (χ0) is 28.7. The molecule has 7 rings (SSSR count). The Kier molecular flexibility index (Phi) is 8.04. The van der Waals surface area contributed by atoms with Gasteiger partial charge < -0.3 is 14.9 Å². The van der Waals surface area contributed by atoms with Crippen molar-refractivity contribution in [3.63, 3.8) is 0 Å². The number of aryl methyl sites for hydroxylation is 1. The molecule has 228 valence electrons. The molecule has 2 N–H and O–H groups in total. The number of rotatable bonds is 14. The number of phenols is 1. The van der Waals surface area contributed by atoms with E-state index in [1.165, 1.54) is 75.3 Å². The van der Waals surface area contributed by atoms with Crippen LogP contribution in [0.15, 0.2) is 42.5 Å². The Morgan fingerprint density at radius 3 is 2.50 bits per heavy atom. The maximum Gasteiger partial charge on any atom is 0.165 e. The number of hydrogen-bond donors (Lipinski definition) is 2. The van der Waals surface area contributed by atoms with Crippen molar-refractivity contribution in [2.24, 2.45) is 5.92 Å². The van der Waals surface area contributed by atoms with Gasteiger partial charge in [0.15, 0.2) is 11.5 Å². The fourth-order valence-electron chi connectivity index (χ4n) is 9.48. The van der Waals surface area contributed by atoms with E-state index in [4.69, 9.17) is 4.74 Å². The van der Waals surface area contributed by atoms with Gasteiger partial charge in [-0.1, -0.05) is 69.0 Å². The van der Waals surface area contributed by atoms with E-state index in [-0.39, 0.29) is 23.9 Å². The van der Waals surface area contributed by atoms with Crippen molar-refractivity contribution in [1.29, 1.82) is 0 Å². The third-order valence-corrected chi connectivity index (χ3v) is 11.8. The third-order valence-electron chi connectivity index (χ3n) is 11.8. The minimum atomic E-state index is -0.792. The van der Waals surface area contributed by atoms with Gasteiger partial charge in [0.2, 0.25) is 0 Å². The van der Waals surface area contributed by atoms with Gasteiger partial charge >= 0.3 is 0 Å². The first kappa shape index (κ1) is 28.7. The van der Waals surface area contributed by atoms with Crippen molar-refractivity contribution < 1.29 is 14.9 Å². The predicted molar refractivity (Wildman–Crippen MR) is 168 cm³/mol. The minimum absolute atomic E-state index is 0.0936. The number of benzene rings is 2. The molecule has 2 aromatic rings. The molecule has 5 heteroatoms. The first-order valence-electron chi connectivity index (χ1n) is 17.3. The van der Waals surface area contributed by atoms with Gasteiger partial charge in [-0.15, -0.1) is 0 Å². The second-order valence-corrected chi connectivity index (χ2v) is 14.3. The van der Waals surface area contributed by atoms with E-state index in [1.807, 2.05) is 6.07 Å². The monoisotopic (exact) mass is 572 g/mol. The molecule has 0 aromatic heterocycles. The highest BCUT2D eigenvalue weighted by Gasteiger charge is 2.73. The Labute approximate surface area is 253 Å². The fraction of sp³-hybridized carbons (Fsp3) is 0.676. The predicted octanol–water partition coefficient (Wildman–Crippen LogP) is 6.62. The number of unbranched alkanes of at least 4 members (excludes halogenated alkanes) is 5. The zero-order valence-electron chi connectivity index (χ0n) is 25.8. The molecule has 3 aliphatic carbocycles. The summed E-state index contributed by atoms with van der Waals surface area (Å²) in [6.07, 6.45) is 16.1. The minimum Gasteiger partial charge on any atom is -0.504 e. The van der Waals surface area contributed by atoms with Crippen molar-refractivity contribution in [3.8, 4) is 11.5 Å². The van der Waals surface area contributed by atoms with Crippen LogP contribution in [0.25, 0.3) is 0 Å². The van der Waals surface area contributed by atoms with Crippen LogP contribution in [0, 0.1) is 5.92 Å².